The van der Waals surface area contributed by atoms with Crippen LogP contribution in [0.1, 0.15) is 39.1 Å². The van der Waals surface area contributed by atoms with Crippen LogP contribution in [0.5, 0.6) is 0 Å². The molecule has 3 rings (SSSR count). The van der Waals surface area contributed by atoms with E-state index in [4.69, 9.17) is 4.52 Å². The van der Waals surface area contributed by atoms with E-state index < -0.39 is 10.0 Å². The number of ketones is 1. The second-order valence-corrected chi connectivity index (χ2v) is 8.05. The normalized spacial score (nSPS) is 11.1. The van der Waals surface area contributed by atoms with Crippen LogP contribution < -0.4 is 10.0 Å². The van der Waals surface area contributed by atoms with Crippen LogP contribution in [0, 0.1) is 13.8 Å². The van der Waals surface area contributed by atoms with E-state index in [9.17, 15) is 18.0 Å². The maximum atomic E-state index is 12.5. The largest absolute Gasteiger partial charge is 0.360 e. The van der Waals surface area contributed by atoms with Gasteiger partial charge in [0, 0.05) is 22.5 Å². The molecule has 0 unspecified atom stereocenters. The fourth-order valence-corrected chi connectivity index (χ4v) is 4.16. The van der Waals surface area contributed by atoms with Gasteiger partial charge >= 0.3 is 0 Å². The minimum Gasteiger partial charge on any atom is -0.360 e. The summed E-state index contributed by atoms with van der Waals surface area (Å²) in [4.78, 5) is 23.9. The van der Waals surface area contributed by atoms with Crippen molar-refractivity contribution < 1.29 is 22.5 Å². The monoisotopic (exact) mass is 413 g/mol. The van der Waals surface area contributed by atoms with Crippen LogP contribution in [0.3, 0.4) is 0 Å². The molecule has 1 aromatic heterocycles. The number of rotatable bonds is 6. The van der Waals surface area contributed by atoms with Crippen molar-refractivity contribution >= 4 is 33.1 Å². The number of carbonyl (C=O) groups excluding carboxylic acids is 2. The molecule has 2 N–H and O–H groups in total. The van der Waals surface area contributed by atoms with Crippen molar-refractivity contribution in [2.75, 3.05) is 10.0 Å². The van der Waals surface area contributed by atoms with Crippen LogP contribution in [0.2, 0.25) is 0 Å². The van der Waals surface area contributed by atoms with E-state index in [0.29, 0.717) is 22.5 Å². The van der Waals surface area contributed by atoms with Crippen molar-refractivity contribution in [1.29, 1.82) is 0 Å². The number of aromatic nitrogens is 1. The number of carbonyl (C=O) groups is 2. The summed E-state index contributed by atoms with van der Waals surface area (Å²) in [7, 11) is -3.86. The summed E-state index contributed by atoms with van der Waals surface area (Å²) < 4.78 is 32.4. The van der Waals surface area contributed by atoms with E-state index >= 15 is 0 Å². The zero-order valence-electron chi connectivity index (χ0n) is 16.0. The Balaban J connectivity index is 1.74. The van der Waals surface area contributed by atoms with E-state index in [0.717, 1.165) is 0 Å². The standard InChI is InChI=1S/C20H19N3O5S/c1-12-19(14(3)28-22-12)29(26,27)23-17-9-7-15(8-10-17)20(25)21-18-6-4-5-16(11-18)13(2)24/h4-11,23H,1-3H3,(H,21,25). The molecule has 150 valence electrons. The molecule has 1 amide bonds. The van der Waals surface area contributed by atoms with Crippen molar-refractivity contribution in [3.8, 4) is 0 Å². The van der Waals surface area contributed by atoms with Gasteiger partial charge in [-0.15, -0.1) is 0 Å². The van der Waals surface area contributed by atoms with Crippen LogP contribution in [-0.4, -0.2) is 25.3 Å². The highest BCUT2D eigenvalue weighted by atomic mass is 32.2. The van der Waals surface area contributed by atoms with Gasteiger partial charge in [0.2, 0.25) is 0 Å². The molecule has 9 heteroatoms. The number of sulfonamides is 1. The van der Waals surface area contributed by atoms with Crippen molar-refractivity contribution in [2.24, 2.45) is 0 Å². The topological polar surface area (TPSA) is 118 Å². The van der Waals surface area contributed by atoms with Crippen LogP contribution in [-0.2, 0) is 10.0 Å². The number of nitrogens with one attached hydrogen (secondary N) is 2. The minimum atomic E-state index is -3.86. The first-order chi connectivity index (χ1) is 13.7. The third-order valence-electron chi connectivity index (χ3n) is 4.16. The molecule has 0 fully saturated rings. The van der Waals surface area contributed by atoms with E-state index in [1.54, 1.807) is 31.2 Å². The molecule has 0 saturated heterocycles. The predicted octanol–water partition coefficient (Wildman–Crippen LogP) is 3.55. The summed E-state index contributed by atoms with van der Waals surface area (Å²) >= 11 is 0. The van der Waals surface area contributed by atoms with E-state index in [1.165, 1.54) is 38.1 Å². The highest BCUT2D eigenvalue weighted by Crippen LogP contribution is 2.22. The lowest BCUT2D eigenvalue weighted by atomic mass is 10.1. The lowest BCUT2D eigenvalue weighted by molar-refractivity contribution is 0.101. The quantitative estimate of drug-likeness (QED) is 0.597. The van der Waals surface area contributed by atoms with Gasteiger partial charge in [0.15, 0.2) is 16.4 Å². The highest BCUT2D eigenvalue weighted by molar-refractivity contribution is 7.92. The molecular formula is C20H19N3O5S. The molecule has 0 aliphatic carbocycles. The SMILES string of the molecule is CC(=O)c1cccc(NC(=O)c2ccc(NS(=O)(=O)c3c(C)noc3C)cc2)c1. The van der Waals surface area contributed by atoms with E-state index in [2.05, 4.69) is 15.2 Å². The van der Waals surface area contributed by atoms with Crippen molar-refractivity contribution in [3.63, 3.8) is 0 Å². The molecular weight excluding hydrogens is 394 g/mol. The smallest absolute Gasteiger partial charge is 0.267 e. The van der Waals surface area contributed by atoms with Gasteiger partial charge in [0.25, 0.3) is 15.9 Å². The number of amides is 1. The number of hydrogen-bond acceptors (Lipinski definition) is 6. The molecule has 0 atom stereocenters. The second kappa shape index (κ2) is 7.88. The Morgan fingerprint density at radius 3 is 2.24 bits per heavy atom. The second-order valence-electron chi connectivity index (χ2n) is 6.43. The van der Waals surface area contributed by atoms with Crippen LogP contribution in [0.25, 0.3) is 0 Å². The van der Waals surface area contributed by atoms with Gasteiger partial charge in [0.1, 0.15) is 5.69 Å². The maximum Gasteiger partial charge on any atom is 0.267 e. The average molecular weight is 413 g/mol. The Bertz CT molecular complexity index is 1160. The zero-order chi connectivity index (χ0) is 21.2. The molecule has 3 aromatic rings. The Hall–Kier alpha value is -3.46. The number of anilines is 2. The van der Waals surface area contributed by atoms with Gasteiger partial charge < -0.3 is 9.84 Å². The lowest BCUT2D eigenvalue weighted by Gasteiger charge is -2.09. The van der Waals surface area contributed by atoms with Gasteiger partial charge in [-0.25, -0.2) is 8.42 Å². The maximum absolute atomic E-state index is 12.5. The van der Waals surface area contributed by atoms with Gasteiger partial charge in [-0.3, -0.25) is 14.3 Å². The third-order valence-corrected chi connectivity index (χ3v) is 5.79. The molecule has 0 spiro atoms. The summed E-state index contributed by atoms with van der Waals surface area (Å²) in [5, 5.41) is 6.36. The molecule has 2 aromatic carbocycles. The van der Waals surface area contributed by atoms with E-state index in [1.807, 2.05) is 0 Å². The summed E-state index contributed by atoms with van der Waals surface area (Å²) in [6.07, 6.45) is 0. The number of hydrogen-bond donors (Lipinski definition) is 2. The Morgan fingerprint density at radius 1 is 0.966 bits per heavy atom. The van der Waals surface area contributed by atoms with Crippen LogP contribution in [0.4, 0.5) is 11.4 Å². The fourth-order valence-electron chi connectivity index (χ4n) is 2.77. The van der Waals surface area contributed by atoms with Gasteiger partial charge in [-0.1, -0.05) is 17.3 Å². The Morgan fingerprint density at radius 2 is 1.66 bits per heavy atom. The predicted molar refractivity (Wildman–Crippen MR) is 108 cm³/mol. The lowest BCUT2D eigenvalue weighted by Crippen LogP contribution is -2.15. The Labute approximate surface area is 168 Å². The fraction of sp³-hybridized carbons (Fsp3) is 0.150. The van der Waals surface area contributed by atoms with Crippen molar-refractivity contribution in [1.82, 2.24) is 5.16 Å². The molecule has 0 saturated carbocycles. The number of Topliss-reactive ketones (excluding diaryl/α,β-unsaturated/α-hetero) is 1. The molecule has 0 radical (unpaired) electrons. The number of nitrogens with zero attached hydrogens (tertiary/aromatic N) is 1. The molecule has 0 bridgehead atoms. The van der Waals surface area contributed by atoms with Gasteiger partial charge in [0.05, 0.1) is 0 Å². The van der Waals surface area contributed by atoms with Crippen LogP contribution in [0.15, 0.2) is 57.9 Å². The van der Waals surface area contributed by atoms with Gasteiger partial charge in [-0.2, -0.15) is 0 Å². The first kappa shape index (κ1) is 20.3. The molecule has 0 aliphatic rings. The molecule has 0 aliphatic heterocycles. The minimum absolute atomic E-state index is 0.00956. The first-order valence-corrected chi connectivity index (χ1v) is 10.1. The molecule has 1 heterocycles. The van der Waals surface area contributed by atoms with Crippen LogP contribution >= 0.6 is 0 Å². The first-order valence-electron chi connectivity index (χ1n) is 8.65. The average Bonchev–Trinajstić information content (AvgIpc) is 3.01. The molecule has 8 nitrogen and oxygen atoms in total. The van der Waals surface area contributed by atoms with Crippen molar-refractivity contribution in [3.05, 3.63) is 71.1 Å². The van der Waals surface area contributed by atoms with E-state index in [-0.39, 0.29) is 28.0 Å². The van der Waals surface area contributed by atoms with Crippen molar-refractivity contribution in [2.45, 2.75) is 25.7 Å². The highest BCUT2D eigenvalue weighted by Gasteiger charge is 2.24. The number of benzene rings is 2. The molecule has 29 heavy (non-hydrogen) atoms. The summed E-state index contributed by atoms with van der Waals surface area (Å²) in [5.41, 5.74) is 1.87. The summed E-state index contributed by atoms with van der Waals surface area (Å²) in [6.45, 7) is 4.51. The van der Waals surface area contributed by atoms with Gasteiger partial charge in [-0.05, 0) is 57.2 Å². The zero-order valence-corrected chi connectivity index (χ0v) is 16.8. The third kappa shape index (κ3) is 4.52. The summed E-state index contributed by atoms with van der Waals surface area (Å²) in [6, 6.07) is 12.6. The summed E-state index contributed by atoms with van der Waals surface area (Å²) in [5.74, 6) is -0.291. The Kier molecular flexibility index (Phi) is 5.51. The number of aryl methyl sites for hydroxylation is 2.